The highest BCUT2D eigenvalue weighted by Gasteiger charge is 2.39. The van der Waals surface area contributed by atoms with E-state index in [1.807, 2.05) is 6.07 Å². The lowest BCUT2D eigenvalue weighted by atomic mass is 9.80. The van der Waals surface area contributed by atoms with Crippen LogP contribution in [0.4, 0.5) is 32.0 Å². The van der Waals surface area contributed by atoms with Crippen molar-refractivity contribution in [3.05, 3.63) is 89.5 Å². The van der Waals surface area contributed by atoms with Gasteiger partial charge in [-0.05, 0) is 59.7 Å². The number of nitrogens with zero attached hydrogens (tertiary/aromatic N) is 2. The van der Waals surface area contributed by atoms with Gasteiger partial charge in [0.1, 0.15) is 17.0 Å². The average molecular weight is 579 g/mol. The number of hydrogen-bond acceptors (Lipinski definition) is 6. The zero-order valence-corrected chi connectivity index (χ0v) is 21.3. The number of ether oxygens (including phenoxy) is 3. The fraction of sp³-hybridized carbons (Fsp3) is 0.286. The third kappa shape index (κ3) is 7.61. The van der Waals surface area contributed by atoms with Crippen molar-refractivity contribution < 1.29 is 45.3 Å². The molecule has 0 radical (unpaired) electrons. The van der Waals surface area contributed by atoms with Crippen LogP contribution in [0.1, 0.15) is 27.9 Å². The summed E-state index contributed by atoms with van der Waals surface area (Å²) in [5.41, 5.74) is -0.992. The van der Waals surface area contributed by atoms with E-state index in [0.717, 1.165) is 30.0 Å². The highest BCUT2D eigenvalue weighted by atomic mass is 19.4. The van der Waals surface area contributed by atoms with E-state index in [1.54, 1.807) is 12.1 Å². The zero-order valence-electron chi connectivity index (χ0n) is 21.3. The average Bonchev–Trinajstić information content (AvgIpc) is 2.92. The van der Waals surface area contributed by atoms with Crippen LogP contribution in [0.5, 0.6) is 11.5 Å². The Kier molecular flexibility index (Phi) is 8.63. The second kappa shape index (κ2) is 12.0. The number of hydrogen-bond donors (Lipinski definition) is 1. The number of rotatable bonds is 8. The quantitative estimate of drug-likeness (QED) is 0.335. The normalized spacial score (nSPS) is 14.2. The zero-order chi connectivity index (χ0) is 29.7. The molecule has 1 aliphatic rings. The maximum Gasteiger partial charge on any atom is 0.573 e. The molecule has 0 bridgehead atoms. The van der Waals surface area contributed by atoms with Gasteiger partial charge < -0.3 is 24.4 Å². The van der Waals surface area contributed by atoms with Crippen LogP contribution in [0, 0.1) is 11.3 Å². The number of halogens is 6. The Labute approximate surface area is 230 Å². The minimum Gasteiger partial charge on any atom is -0.406 e. The maximum absolute atomic E-state index is 13.5. The molecule has 0 atom stereocenters. The first-order valence-electron chi connectivity index (χ1n) is 12.2. The topological polar surface area (TPSA) is 83.8 Å². The van der Waals surface area contributed by atoms with Crippen molar-refractivity contribution in [2.75, 3.05) is 31.2 Å². The molecule has 1 amide bonds. The summed E-state index contributed by atoms with van der Waals surface area (Å²) in [6, 6.07) is 17.4. The monoisotopic (exact) mass is 579 g/mol. The third-order valence-corrected chi connectivity index (χ3v) is 6.30. The van der Waals surface area contributed by atoms with Gasteiger partial charge in [-0.3, -0.25) is 4.79 Å². The van der Waals surface area contributed by atoms with Crippen LogP contribution in [0.2, 0.25) is 0 Å². The molecule has 7 nitrogen and oxygen atoms in total. The summed E-state index contributed by atoms with van der Waals surface area (Å²) in [6.07, 6.45) is -10.6. The largest absolute Gasteiger partial charge is 0.573 e. The molecule has 0 saturated carbocycles. The van der Waals surface area contributed by atoms with E-state index in [2.05, 4.69) is 19.7 Å². The van der Waals surface area contributed by atoms with Crippen molar-refractivity contribution in [3.8, 4) is 17.6 Å². The van der Waals surface area contributed by atoms with Gasteiger partial charge in [-0.15, -0.1) is 26.3 Å². The van der Waals surface area contributed by atoms with Gasteiger partial charge in [0.2, 0.25) is 0 Å². The molecule has 216 valence electrons. The van der Waals surface area contributed by atoms with Crippen molar-refractivity contribution in [2.24, 2.45) is 0 Å². The van der Waals surface area contributed by atoms with Gasteiger partial charge in [0.25, 0.3) is 5.91 Å². The number of nitrogens with one attached hydrogen (secondary N) is 1. The number of carbonyl (C=O) groups is 1. The lowest BCUT2D eigenvalue weighted by Crippen LogP contribution is -2.46. The fourth-order valence-corrected chi connectivity index (χ4v) is 4.51. The fourth-order valence-electron chi connectivity index (χ4n) is 4.51. The van der Waals surface area contributed by atoms with Crippen LogP contribution in [-0.4, -0.2) is 44.9 Å². The molecule has 1 fully saturated rings. The molecular weight excluding hydrogens is 556 g/mol. The van der Waals surface area contributed by atoms with E-state index in [0.29, 0.717) is 26.3 Å². The third-order valence-electron chi connectivity index (χ3n) is 6.30. The minimum absolute atomic E-state index is 0.0387. The van der Waals surface area contributed by atoms with Crippen LogP contribution in [0.3, 0.4) is 0 Å². The van der Waals surface area contributed by atoms with Crippen LogP contribution < -0.4 is 19.7 Å². The summed E-state index contributed by atoms with van der Waals surface area (Å²) in [7, 11) is 0. The Bertz CT molecular complexity index is 1340. The molecule has 1 N–H and O–H groups in total. The number of anilines is 1. The van der Waals surface area contributed by atoms with Crippen molar-refractivity contribution in [1.29, 1.82) is 5.26 Å². The van der Waals surface area contributed by atoms with Crippen molar-refractivity contribution in [2.45, 2.75) is 24.7 Å². The molecule has 3 aromatic rings. The Morgan fingerprint density at radius 1 is 0.854 bits per heavy atom. The van der Waals surface area contributed by atoms with Crippen molar-refractivity contribution in [1.82, 2.24) is 5.32 Å². The first-order valence-corrected chi connectivity index (χ1v) is 12.2. The van der Waals surface area contributed by atoms with Gasteiger partial charge in [-0.1, -0.05) is 24.3 Å². The van der Waals surface area contributed by atoms with E-state index < -0.39 is 42.1 Å². The van der Waals surface area contributed by atoms with Gasteiger partial charge in [-0.2, -0.15) is 5.26 Å². The summed E-state index contributed by atoms with van der Waals surface area (Å²) in [6.45, 7) is 2.41. The molecule has 1 aliphatic heterocycles. The lowest BCUT2D eigenvalue weighted by molar-refractivity contribution is -0.275. The number of amides is 1. The first-order chi connectivity index (χ1) is 19.4. The van der Waals surface area contributed by atoms with Gasteiger partial charge in [0, 0.05) is 24.3 Å². The second-order valence-corrected chi connectivity index (χ2v) is 8.99. The maximum atomic E-state index is 13.5. The van der Waals surface area contributed by atoms with Crippen LogP contribution in [0.15, 0.2) is 72.8 Å². The van der Waals surface area contributed by atoms with Gasteiger partial charge >= 0.3 is 12.7 Å². The van der Waals surface area contributed by atoms with Crippen molar-refractivity contribution in [3.63, 3.8) is 0 Å². The van der Waals surface area contributed by atoms with E-state index >= 15 is 0 Å². The highest BCUT2D eigenvalue weighted by molar-refractivity contribution is 5.95. The van der Waals surface area contributed by atoms with Crippen molar-refractivity contribution >= 4 is 11.6 Å². The summed E-state index contributed by atoms with van der Waals surface area (Å²) in [4.78, 5) is 15.6. The minimum atomic E-state index is -5.04. The molecule has 0 unspecified atom stereocenters. The van der Waals surface area contributed by atoms with E-state index in [-0.39, 0.29) is 16.7 Å². The molecular formula is C28H23F6N3O4. The van der Waals surface area contributed by atoms with Gasteiger partial charge in [-0.25, -0.2) is 0 Å². The van der Waals surface area contributed by atoms with E-state index in [4.69, 9.17) is 4.74 Å². The van der Waals surface area contributed by atoms with Gasteiger partial charge in [0.15, 0.2) is 0 Å². The smallest absolute Gasteiger partial charge is 0.406 e. The number of benzene rings is 3. The molecule has 0 aliphatic carbocycles. The molecule has 1 saturated heterocycles. The number of carbonyl (C=O) groups excluding carboxylic acids is 1. The summed E-state index contributed by atoms with van der Waals surface area (Å²) < 4.78 is 91.2. The molecule has 13 heteroatoms. The predicted molar refractivity (Wildman–Crippen MR) is 134 cm³/mol. The summed E-state index contributed by atoms with van der Waals surface area (Å²) in [5, 5.41) is 12.5. The van der Waals surface area contributed by atoms with E-state index in [1.165, 1.54) is 36.4 Å². The Morgan fingerprint density at radius 2 is 1.37 bits per heavy atom. The van der Waals surface area contributed by atoms with Gasteiger partial charge in [0.05, 0.1) is 25.7 Å². The van der Waals surface area contributed by atoms with Crippen LogP contribution in [-0.2, 0) is 10.3 Å². The van der Waals surface area contributed by atoms with E-state index in [9.17, 15) is 36.4 Å². The second-order valence-electron chi connectivity index (χ2n) is 8.99. The Balaban J connectivity index is 1.77. The molecule has 3 aromatic carbocycles. The Hall–Kier alpha value is -4.44. The van der Waals surface area contributed by atoms with Crippen LogP contribution in [0.25, 0.3) is 0 Å². The highest BCUT2D eigenvalue weighted by Crippen LogP contribution is 2.38. The number of nitriles is 1. The molecule has 4 rings (SSSR count). The van der Waals surface area contributed by atoms with Crippen LogP contribution >= 0.6 is 0 Å². The lowest BCUT2D eigenvalue weighted by Gasteiger charge is -2.35. The Morgan fingerprint density at radius 3 is 1.83 bits per heavy atom. The first kappa shape index (κ1) is 29.5. The molecule has 41 heavy (non-hydrogen) atoms. The predicted octanol–water partition coefficient (Wildman–Crippen LogP) is 5.91. The molecule has 1 heterocycles. The standard InChI is InChI=1S/C28H23F6N3O4/c29-27(30,31)40-23-5-1-3-20(17-23)26(11-12-35,21-4-2-6-24(18-21)41-28(32,33)34)36-25(38)19-7-9-22(10-8-19)37-13-15-39-16-14-37/h1-10,17-18H,11,13-16H2,(H,36,38). The number of morpholine rings is 1. The number of alkyl halides is 6. The summed E-state index contributed by atoms with van der Waals surface area (Å²) >= 11 is 0. The summed E-state index contributed by atoms with van der Waals surface area (Å²) in [5.74, 6) is -2.02. The molecule has 0 spiro atoms. The molecule has 0 aromatic heterocycles. The SMILES string of the molecule is N#CCC(NC(=O)c1ccc(N2CCOCC2)cc1)(c1cccc(OC(F)(F)F)c1)c1cccc(OC(F)(F)F)c1.